The highest BCUT2D eigenvalue weighted by Crippen LogP contribution is 2.38. The van der Waals surface area contributed by atoms with E-state index in [2.05, 4.69) is 5.32 Å². The van der Waals surface area contributed by atoms with Crippen molar-refractivity contribution in [3.05, 3.63) is 22.7 Å². The molecule has 19 heavy (non-hydrogen) atoms. The monoisotopic (exact) mass is 281 g/mol. The van der Waals surface area contributed by atoms with Gasteiger partial charge in [-0.15, -0.1) is 0 Å². The lowest BCUT2D eigenvalue weighted by molar-refractivity contribution is 0.0934. The Balaban J connectivity index is 1.80. The van der Waals surface area contributed by atoms with Crippen molar-refractivity contribution in [2.45, 2.75) is 25.8 Å². The number of hydrogen-bond acceptors (Lipinski definition) is 3. The van der Waals surface area contributed by atoms with Crippen LogP contribution in [0.3, 0.4) is 0 Å². The first-order valence-corrected chi connectivity index (χ1v) is 6.93. The molecule has 3 rings (SSSR count). The normalized spacial score (nSPS) is 18.8. The van der Waals surface area contributed by atoms with Gasteiger partial charge in [0, 0.05) is 11.6 Å². The van der Waals surface area contributed by atoms with Gasteiger partial charge < -0.3 is 14.8 Å². The summed E-state index contributed by atoms with van der Waals surface area (Å²) in [6, 6.07) is 3.53. The smallest absolute Gasteiger partial charge is 0.251 e. The molecule has 0 bridgehead atoms. The highest BCUT2D eigenvalue weighted by molar-refractivity contribution is 6.32. The van der Waals surface area contributed by atoms with Gasteiger partial charge in [-0.1, -0.05) is 11.6 Å². The molecule has 1 N–H and O–H groups in total. The zero-order valence-corrected chi connectivity index (χ0v) is 11.5. The van der Waals surface area contributed by atoms with Crippen LogP contribution in [0.5, 0.6) is 11.5 Å². The molecular formula is C14H16ClNO3. The van der Waals surface area contributed by atoms with Gasteiger partial charge in [0.25, 0.3) is 5.91 Å². The van der Waals surface area contributed by atoms with Crippen molar-refractivity contribution in [1.82, 2.24) is 5.32 Å². The number of nitrogens with one attached hydrogen (secondary N) is 1. The van der Waals surface area contributed by atoms with Crippen LogP contribution in [0.2, 0.25) is 5.02 Å². The standard InChI is InChI=1S/C14H16ClNO3/c1-8(9-2-3-9)16-14(17)10-6-11(15)13-12(7-10)18-4-5-19-13/h6-9H,2-5H2,1H3,(H,16,17)/t8-/m0/s1. The lowest BCUT2D eigenvalue weighted by Gasteiger charge is -2.20. The fraction of sp³-hybridized carbons (Fsp3) is 0.500. The molecule has 1 aromatic rings. The van der Waals surface area contributed by atoms with Crippen molar-refractivity contribution in [1.29, 1.82) is 0 Å². The minimum Gasteiger partial charge on any atom is -0.486 e. The fourth-order valence-corrected chi connectivity index (χ4v) is 2.51. The summed E-state index contributed by atoms with van der Waals surface area (Å²) in [4.78, 5) is 12.2. The Morgan fingerprint density at radius 1 is 1.37 bits per heavy atom. The van der Waals surface area contributed by atoms with E-state index in [-0.39, 0.29) is 11.9 Å². The molecule has 1 saturated carbocycles. The van der Waals surface area contributed by atoms with Gasteiger partial charge >= 0.3 is 0 Å². The molecule has 4 nitrogen and oxygen atoms in total. The van der Waals surface area contributed by atoms with E-state index in [0.29, 0.717) is 41.2 Å². The van der Waals surface area contributed by atoms with Crippen molar-refractivity contribution in [2.75, 3.05) is 13.2 Å². The molecular weight excluding hydrogens is 266 g/mol. The van der Waals surface area contributed by atoms with Crippen molar-refractivity contribution < 1.29 is 14.3 Å². The van der Waals surface area contributed by atoms with Crippen molar-refractivity contribution >= 4 is 17.5 Å². The van der Waals surface area contributed by atoms with Crippen LogP contribution in [0.4, 0.5) is 0 Å². The molecule has 5 heteroatoms. The largest absolute Gasteiger partial charge is 0.486 e. The lowest BCUT2D eigenvalue weighted by atomic mass is 10.1. The summed E-state index contributed by atoms with van der Waals surface area (Å²) in [7, 11) is 0. The highest BCUT2D eigenvalue weighted by Gasteiger charge is 2.29. The van der Waals surface area contributed by atoms with E-state index < -0.39 is 0 Å². The molecule has 1 aliphatic carbocycles. The van der Waals surface area contributed by atoms with Crippen LogP contribution in [-0.4, -0.2) is 25.2 Å². The Kier molecular flexibility index (Phi) is 3.27. The Morgan fingerprint density at radius 2 is 2.11 bits per heavy atom. The van der Waals surface area contributed by atoms with E-state index in [9.17, 15) is 4.79 Å². The number of rotatable bonds is 3. The molecule has 1 atom stereocenters. The van der Waals surface area contributed by atoms with Gasteiger partial charge in [-0.25, -0.2) is 0 Å². The minimum atomic E-state index is -0.113. The van der Waals surface area contributed by atoms with Crippen LogP contribution in [-0.2, 0) is 0 Å². The average Bonchev–Trinajstić information content (AvgIpc) is 3.23. The average molecular weight is 282 g/mol. The van der Waals surface area contributed by atoms with Crippen molar-refractivity contribution in [2.24, 2.45) is 5.92 Å². The molecule has 0 spiro atoms. The van der Waals surface area contributed by atoms with E-state index in [1.807, 2.05) is 6.92 Å². The Morgan fingerprint density at radius 3 is 2.84 bits per heavy atom. The van der Waals surface area contributed by atoms with Crippen LogP contribution in [0, 0.1) is 5.92 Å². The number of benzene rings is 1. The van der Waals surface area contributed by atoms with E-state index in [1.54, 1.807) is 12.1 Å². The molecule has 1 aromatic carbocycles. The van der Waals surface area contributed by atoms with Crippen molar-refractivity contribution in [3.63, 3.8) is 0 Å². The van der Waals surface area contributed by atoms with Gasteiger partial charge in [-0.2, -0.15) is 0 Å². The maximum absolute atomic E-state index is 12.2. The first kappa shape index (κ1) is 12.6. The summed E-state index contributed by atoms with van der Waals surface area (Å²) in [6.45, 7) is 3.00. The lowest BCUT2D eigenvalue weighted by Crippen LogP contribution is -2.34. The van der Waals surface area contributed by atoms with E-state index >= 15 is 0 Å². The van der Waals surface area contributed by atoms with Gasteiger partial charge in [0.2, 0.25) is 0 Å². The Hall–Kier alpha value is -1.42. The number of carbonyl (C=O) groups is 1. The summed E-state index contributed by atoms with van der Waals surface area (Å²) in [6.07, 6.45) is 2.40. The Labute approximate surface area is 117 Å². The summed E-state index contributed by atoms with van der Waals surface area (Å²) < 4.78 is 10.9. The van der Waals surface area contributed by atoms with Gasteiger partial charge in [-0.3, -0.25) is 4.79 Å². The second-order valence-electron chi connectivity index (χ2n) is 5.08. The van der Waals surface area contributed by atoms with Crippen LogP contribution in [0.15, 0.2) is 12.1 Å². The number of fused-ring (bicyclic) bond motifs is 1. The summed E-state index contributed by atoms with van der Waals surface area (Å²) >= 11 is 6.12. The molecule has 1 fully saturated rings. The SMILES string of the molecule is C[C@H](NC(=O)c1cc(Cl)c2c(c1)OCCO2)C1CC1. The molecule has 0 unspecified atom stereocenters. The molecule has 1 heterocycles. The highest BCUT2D eigenvalue weighted by atomic mass is 35.5. The molecule has 1 amide bonds. The number of amides is 1. The minimum absolute atomic E-state index is 0.113. The van der Waals surface area contributed by atoms with E-state index in [4.69, 9.17) is 21.1 Å². The summed E-state index contributed by atoms with van der Waals surface area (Å²) in [5, 5.41) is 3.42. The molecule has 0 saturated heterocycles. The quantitative estimate of drug-likeness (QED) is 0.926. The molecule has 1 aliphatic heterocycles. The van der Waals surface area contributed by atoms with Gasteiger partial charge in [0.1, 0.15) is 13.2 Å². The van der Waals surface area contributed by atoms with Crippen molar-refractivity contribution in [3.8, 4) is 11.5 Å². The second-order valence-corrected chi connectivity index (χ2v) is 5.49. The predicted octanol–water partition coefficient (Wildman–Crippen LogP) is 2.64. The predicted molar refractivity (Wildman–Crippen MR) is 72.1 cm³/mol. The number of ether oxygens (including phenoxy) is 2. The van der Waals surface area contributed by atoms with E-state index in [1.165, 1.54) is 12.8 Å². The first-order valence-electron chi connectivity index (χ1n) is 6.55. The number of carbonyl (C=O) groups excluding carboxylic acids is 1. The first-order chi connectivity index (χ1) is 9.15. The maximum Gasteiger partial charge on any atom is 0.251 e. The third-order valence-electron chi connectivity index (χ3n) is 3.55. The third-order valence-corrected chi connectivity index (χ3v) is 3.83. The molecule has 0 radical (unpaired) electrons. The zero-order valence-electron chi connectivity index (χ0n) is 10.7. The van der Waals surface area contributed by atoms with Gasteiger partial charge in [0.05, 0.1) is 5.02 Å². The second kappa shape index (κ2) is 4.93. The van der Waals surface area contributed by atoms with Gasteiger partial charge in [0.15, 0.2) is 11.5 Å². The summed E-state index contributed by atoms with van der Waals surface area (Å²) in [5.41, 5.74) is 0.516. The van der Waals surface area contributed by atoms with Crippen LogP contribution in [0.25, 0.3) is 0 Å². The van der Waals surface area contributed by atoms with E-state index in [0.717, 1.165) is 0 Å². The Bertz CT molecular complexity index is 514. The molecule has 2 aliphatic rings. The molecule has 102 valence electrons. The maximum atomic E-state index is 12.2. The fourth-order valence-electron chi connectivity index (χ4n) is 2.25. The number of halogens is 1. The zero-order chi connectivity index (χ0) is 13.4. The van der Waals surface area contributed by atoms with Crippen LogP contribution in [0.1, 0.15) is 30.1 Å². The molecule has 0 aromatic heterocycles. The number of hydrogen-bond donors (Lipinski definition) is 1. The van der Waals surface area contributed by atoms with Crippen LogP contribution >= 0.6 is 11.6 Å². The summed E-state index contributed by atoms with van der Waals surface area (Å²) in [5.74, 6) is 1.58. The third kappa shape index (κ3) is 2.63. The van der Waals surface area contributed by atoms with Gasteiger partial charge in [-0.05, 0) is 37.8 Å². The van der Waals surface area contributed by atoms with Crippen LogP contribution < -0.4 is 14.8 Å². The topological polar surface area (TPSA) is 47.6 Å².